The number of nitrogens with zero attached hydrogens (tertiary/aromatic N) is 4. The van der Waals surface area contributed by atoms with Crippen molar-refractivity contribution in [2.75, 3.05) is 16.8 Å². The number of hydrogen-bond donors (Lipinski definition) is 1. The molecule has 3 rings (SSSR count). The number of amides is 2. The Labute approximate surface area is 154 Å². The molecule has 0 spiro atoms. The number of hydrogen-bond acceptors (Lipinski definition) is 7. The molecule has 1 aliphatic carbocycles. The van der Waals surface area contributed by atoms with E-state index in [0.29, 0.717) is 39.2 Å². The van der Waals surface area contributed by atoms with E-state index < -0.39 is 0 Å². The number of carbonyl (C=O) groups excluding carboxylic acids is 2. The second kappa shape index (κ2) is 7.17. The maximum atomic E-state index is 12.6. The Morgan fingerprint density at radius 1 is 1.28 bits per heavy atom. The third-order valence-corrected chi connectivity index (χ3v) is 5.92. The molecule has 2 aromatic rings. The zero-order valence-electron chi connectivity index (χ0n) is 14.7. The van der Waals surface area contributed by atoms with Gasteiger partial charge in [0.2, 0.25) is 11.0 Å². The minimum atomic E-state index is -0.257. The van der Waals surface area contributed by atoms with Gasteiger partial charge < -0.3 is 0 Å². The van der Waals surface area contributed by atoms with Crippen LogP contribution in [0, 0.1) is 12.8 Å². The Morgan fingerprint density at radius 2 is 2.00 bits per heavy atom. The lowest BCUT2D eigenvalue weighted by Crippen LogP contribution is -2.32. The number of aryl methyl sites for hydroxylation is 1. The van der Waals surface area contributed by atoms with Crippen molar-refractivity contribution in [2.45, 2.75) is 46.5 Å². The molecule has 0 bridgehead atoms. The molecule has 25 heavy (non-hydrogen) atoms. The Balaban J connectivity index is 1.75. The second-order valence-corrected chi connectivity index (χ2v) is 8.59. The van der Waals surface area contributed by atoms with Crippen LogP contribution in [-0.2, 0) is 4.79 Å². The van der Waals surface area contributed by atoms with Crippen molar-refractivity contribution in [1.82, 2.24) is 15.2 Å². The lowest BCUT2D eigenvalue weighted by molar-refractivity contribution is -0.116. The highest BCUT2D eigenvalue weighted by Crippen LogP contribution is 2.42. The molecule has 1 N–H and O–H groups in total. The van der Waals surface area contributed by atoms with Crippen molar-refractivity contribution in [3.05, 3.63) is 15.6 Å². The third kappa shape index (κ3) is 4.21. The fourth-order valence-corrected chi connectivity index (χ4v) is 4.27. The maximum absolute atomic E-state index is 12.6. The number of thiazole rings is 1. The van der Waals surface area contributed by atoms with Crippen molar-refractivity contribution in [2.24, 2.45) is 5.92 Å². The van der Waals surface area contributed by atoms with Gasteiger partial charge in [-0.25, -0.2) is 4.98 Å². The summed E-state index contributed by atoms with van der Waals surface area (Å²) in [5.74, 6) is 0.494. The van der Waals surface area contributed by atoms with Crippen LogP contribution in [0.25, 0.3) is 0 Å². The van der Waals surface area contributed by atoms with Crippen molar-refractivity contribution in [3.63, 3.8) is 0 Å². The lowest BCUT2D eigenvalue weighted by Gasteiger charge is -2.19. The van der Waals surface area contributed by atoms with E-state index in [9.17, 15) is 9.59 Å². The number of nitrogens with one attached hydrogen (secondary N) is 1. The Kier molecular flexibility index (Phi) is 5.14. The first-order chi connectivity index (χ1) is 11.8. The van der Waals surface area contributed by atoms with Crippen molar-refractivity contribution >= 4 is 44.8 Å². The topological polar surface area (TPSA) is 88.1 Å². The van der Waals surface area contributed by atoms with Gasteiger partial charge in [0.05, 0.1) is 5.69 Å². The predicted octanol–water partition coefficient (Wildman–Crippen LogP) is 3.44. The van der Waals surface area contributed by atoms with E-state index in [1.165, 1.54) is 29.6 Å². The molecule has 134 valence electrons. The summed E-state index contributed by atoms with van der Waals surface area (Å²) in [5.41, 5.74) is 0.611. The minimum absolute atomic E-state index is 0.0763. The maximum Gasteiger partial charge on any atom is 0.269 e. The van der Waals surface area contributed by atoms with Gasteiger partial charge in [0.15, 0.2) is 5.13 Å². The van der Waals surface area contributed by atoms with Gasteiger partial charge in [0, 0.05) is 19.4 Å². The number of rotatable bonds is 6. The van der Waals surface area contributed by atoms with E-state index in [0.717, 1.165) is 17.8 Å². The standard InChI is InChI=1S/C16H21N5O2S2/c1-8(2)7-21(10(4)22)16-17-9(3)12(24-16)13(23)18-15-20-19-14(25-15)11-5-6-11/h8,11H,5-7H2,1-4H3,(H,18,20,23). The second-order valence-electron chi connectivity index (χ2n) is 6.61. The quantitative estimate of drug-likeness (QED) is 0.830. The first-order valence-corrected chi connectivity index (χ1v) is 9.88. The average molecular weight is 380 g/mol. The van der Waals surface area contributed by atoms with Crippen molar-refractivity contribution in [1.29, 1.82) is 0 Å². The fourth-order valence-electron chi connectivity index (χ4n) is 2.35. The number of aromatic nitrogens is 3. The molecule has 2 amide bonds. The van der Waals surface area contributed by atoms with Crippen LogP contribution in [0.3, 0.4) is 0 Å². The van der Waals surface area contributed by atoms with E-state index in [-0.39, 0.29) is 11.8 Å². The first kappa shape index (κ1) is 17.9. The Bertz CT molecular complexity index is 794. The summed E-state index contributed by atoms with van der Waals surface area (Å²) in [5, 5.41) is 13.0. The minimum Gasteiger partial charge on any atom is -0.296 e. The van der Waals surface area contributed by atoms with E-state index in [1.807, 2.05) is 13.8 Å². The van der Waals surface area contributed by atoms with E-state index in [2.05, 4.69) is 20.5 Å². The zero-order chi connectivity index (χ0) is 18.1. The molecule has 0 unspecified atom stereocenters. The van der Waals surface area contributed by atoms with Gasteiger partial charge in [-0.3, -0.25) is 19.8 Å². The monoisotopic (exact) mass is 379 g/mol. The third-order valence-electron chi connectivity index (χ3n) is 3.74. The van der Waals surface area contributed by atoms with Crippen LogP contribution in [0.4, 0.5) is 10.3 Å². The van der Waals surface area contributed by atoms with Gasteiger partial charge in [0.25, 0.3) is 5.91 Å². The van der Waals surface area contributed by atoms with Crippen LogP contribution in [0.1, 0.15) is 59.9 Å². The largest absolute Gasteiger partial charge is 0.296 e. The van der Waals surface area contributed by atoms with Crippen molar-refractivity contribution < 1.29 is 9.59 Å². The molecule has 0 aromatic carbocycles. The summed E-state index contributed by atoms with van der Waals surface area (Å²) < 4.78 is 0. The van der Waals surface area contributed by atoms with Crippen LogP contribution in [0.2, 0.25) is 0 Å². The smallest absolute Gasteiger partial charge is 0.269 e. The molecule has 0 saturated heterocycles. The molecule has 7 nitrogen and oxygen atoms in total. The van der Waals surface area contributed by atoms with Crippen LogP contribution in [0.15, 0.2) is 0 Å². The average Bonchev–Trinajstić information content (AvgIpc) is 3.16. The van der Waals surface area contributed by atoms with Crippen LogP contribution < -0.4 is 10.2 Å². The summed E-state index contributed by atoms with van der Waals surface area (Å²) in [7, 11) is 0. The van der Waals surface area contributed by atoms with Crippen LogP contribution in [-0.4, -0.2) is 33.5 Å². The summed E-state index contributed by atoms with van der Waals surface area (Å²) in [6.07, 6.45) is 2.30. The van der Waals surface area contributed by atoms with Gasteiger partial charge in [-0.15, -0.1) is 10.2 Å². The van der Waals surface area contributed by atoms with Crippen LogP contribution in [0.5, 0.6) is 0 Å². The summed E-state index contributed by atoms with van der Waals surface area (Å²) >= 11 is 2.65. The molecule has 1 saturated carbocycles. The SMILES string of the molecule is CC(=O)N(CC(C)C)c1nc(C)c(C(=O)Nc2nnc(C3CC3)s2)s1. The molecular formula is C16H21N5O2S2. The van der Waals surface area contributed by atoms with Crippen LogP contribution >= 0.6 is 22.7 Å². The normalized spacial score (nSPS) is 14.0. The molecule has 9 heteroatoms. The van der Waals surface area contributed by atoms with Gasteiger partial charge in [-0.05, 0) is 25.7 Å². The predicted molar refractivity (Wildman–Crippen MR) is 99.6 cm³/mol. The zero-order valence-corrected chi connectivity index (χ0v) is 16.3. The number of carbonyl (C=O) groups is 2. The highest BCUT2D eigenvalue weighted by molar-refractivity contribution is 7.18. The van der Waals surface area contributed by atoms with E-state index in [4.69, 9.17) is 0 Å². The Morgan fingerprint density at radius 3 is 2.60 bits per heavy atom. The molecule has 0 radical (unpaired) electrons. The van der Waals surface area contributed by atoms with Gasteiger partial charge in [0.1, 0.15) is 9.88 Å². The molecular weight excluding hydrogens is 358 g/mol. The molecule has 2 heterocycles. The molecule has 0 aliphatic heterocycles. The summed E-state index contributed by atoms with van der Waals surface area (Å²) in [6.45, 7) is 7.94. The highest BCUT2D eigenvalue weighted by Gasteiger charge is 2.28. The van der Waals surface area contributed by atoms with E-state index >= 15 is 0 Å². The Hall–Kier alpha value is -1.87. The molecule has 1 fully saturated rings. The fraction of sp³-hybridized carbons (Fsp3) is 0.562. The molecule has 1 aliphatic rings. The van der Waals surface area contributed by atoms with E-state index in [1.54, 1.807) is 11.8 Å². The summed E-state index contributed by atoms with van der Waals surface area (Å²) in [6, 6.07) is 0. The van der Waals surface area contributed by atoms with Gasteiger partial charge in [-0.1, -0.05) is 36.5 Å². The number of anilines is 2. The van der Waals surface area contributed by atoms with Crippen molar-refractivity contribution in [3.8, 4) is 0 Å². The van der Waals surface area contributed by atoms with Gasteiger partial charge >= 0.3 is 0 Å². The summed E-state index contributed by atoms with van der Waals surface area (Å²) in [4.78, 5) is 31.0. The first-order valence-electron chi connectivity index (χ1n) is 8.25. The van der Waals surface area contributed by atoms with Gasteiger partial charge in [-0.2, -0.15) is 0 Å². The highest BCUT2D eigenvalue weighted by atomic mass is 32.1. The molecule has 2 aromatic heterocycles. The lowest BCUT2D eigenvalue weighted by atomic mass is 10.2. The molecule has 0 atom stereocenters.